The van der Waals surface area contributed by atoms with Crippen molar-refractivity contribution in [3.63, 3.8) is 0 Å². The zero-order valence-corrected chi connectivity index (χ0v) is 19.0. The summed E-state index contributed by atoms with van der Waals surface area (Å²) in [7, 11) is 0. The summed E-state index contributed by atoms with van der Waals surface area (Å²) in [5.74, 6) is 0.982. The summed E-state index contributed by atoms with van der Waals surface area (Å²) in [6.07, 6.45) is 0. The molecule has 2 N–H and O–H groups in total. The number of hydrogen-bond acceptors (Lipinski definition) is 4. The number of hydrogen-bond donors (Lipinski definition) is 2. The van der Waals surface area contributed by atoms with Crippen molar-refractivity contribution in [2.45, 2.75) is 30.9 Å². The van der Waals surface area contributed by atoms with Gasteiger partial charge in [0, 0.05) is 18.0 Å². The van der Waals surface area contributed by atoms with Crippen LogP contribution in [0, 0.1) is 12.7 Å². The molecule has 4 rings (SSSR count). The molecule has 6 nitrogen and oxygen atoms in total. The van der Waals surface area contributed by atoms with Crippen molar-refractivity contribution in [2.24, 2.45) is 0 Å². The molecule has 0 aliphatic rings. The fourth-order valence-corrected chi connectivity index (χ4v) is 4.12. The predicted octanol–water partition coefficient (Wildman–Crippen LogP) is 5.01. The molecule has 0 aliphatic heterocycles. The average Bonchev–Trinajstić information content (AvgIpc) is 3.25. The van der Waals surface area contributed by atoms with Gasteiger partial charge in [0.05, 0.1) is 6.54 Å². The van der Waals surface area contributed by atoms with Crippen molar-refractivity contribution in [2.75, 3.05) is 0 Å². The monoisotopic (exact) mass is 461 g/mol. The second-order valence-electron chi connectivity index (χ2n) is 7.51. The lowest BCUT2D eigenvalue weighted by Crippen LogP contribution is -2.35. The van der Waals surface area contributed by atoms with Gasteiger partial charge in [0.15, 0.2) is 11.0 Å². The third-order valence-electron chi connectivity index (χ3n) is 4.98. The minimum Gasteiger partial charge on any atom is -0.334 e. The van der Waals surface area contributed by atoms with Gasteiger partial charge in [-0.3, -0.25) is 4.57 Å². The molecule has 0 spiro atoms. The van der Waals surface area contributed by atoms with Crippen molar-refractivity contribution in [3.8, 4) is 5.69 Å². The van der Waals surface area contributed by atoms with E-state index in [4.69, 9.17) is 0 Å². The summed E-state index contributed by atoms with van der Waals surface area (Å²) in [4.78, 5) is 12.3. The van der Waals surface area contributed by atoms with Crippen LogP contribution in [0.5, 0.6) is 0 Å². The van der Waals surface area contributed by atoms with E-state index in [2.05, 4.69) is 20.8 Å². The molecule has 0 saturated heterocycles. The molecule has 1 aromatic heterocycles. The van der Waals surface area contributed by atoms with Gasteiger partial charge in [-0.1, -0.05) is 71.9 Å². The van der Waals surface area contributed by atoms with Gasteiger partial charge in [-0.2, -0.15) is 0 Å². The Hall–Kier alpha value is -3.65. The van der Waals surface area contributed by atoms with E-state index in [0.29, 0.717) is 23.3 Å². The number of aryl methyl sites for hydroxylation is 1. The Kier molecular flexibility index (Phi) is 7.36. The van der Waals surface area contributed by atoms with Crippen LogP contribution in [0.4, 0.5) is 9.18 Å². The maximum Gasteiger partial charge on any atom is 0.315 e. The summed E-state index contributed by atoms with van der Waals surface area (Å²) < 4.78 is 15.1. The molecule has 33 heavy (non-hydrogen) atoms. The molecule has 8 heteroatoms. The number of carbonyl (C=O) groups is 1. The summed E-state index contributed by atoms with van der Waals surface area (Å²) >= 11 is 1.51. The standard InChI is InChI=1S/C25H24FN5OS/c1-18-7-13-22(14-8-18)31-23(16-28-24(32)27-15-19-5-3-2-4-6-19)29-30-25(31)33-17-20-9-11-21(26)12-10-20/h2-14H,15-17H2,1H3,(H2,27,28,32). The maximum atomic E-state index is 13.2. The van der Waals surface area contributed by atoms with Crippen LogP contribution in [-0.4, -0.2) is 20.8 Å². The van der Waals surface area contributed by atoms with E-state index in [0.717, 1.165) is 22.4 Å². The third kappa shape index (κ3) is 6.20. The van der Waals surface area contributed by atoms with Gasteiger partial charge in [0.25, 0.3) is 0 Å². The summed E-state index contributed by atoms with van der Waals surface area (Å²) in [5.41, 5.74) is 4.07. The number of nitrogens with zero attached hydrogens (tertiary/aromatic N) is 3. The number of thioether (sulfide) groups is 1. The van der Waals surface area contributed by atoms with E-state index in [9.17, 15) is 9.18 Å². The number of urea groups is 1. The Morgan fingerprint density at radius 2 is 1.58 bits per heavy atom. The highest BCUT2D eigenvalue weighted by molar-refractivity contribution is 7.98. The molecule has 4 aromatic rings. The first-order valence-electron chi connectivity index (χ1n) is 10.5. The Morgan fingerprint density at radius 1 is 0.879 bits per heavy atom. The molecule has 2 amide bonds. The molecule has 3 aromatic carbocycles. The van der Waals surface area contributed by atoms with Crippen LogP contribution in [0.2, 0.25) is 0 Å². The van der Waals surface area contributed by atoms with Crippen molar-refractivity contribution >= 4 is 17.8 Å². The lowest BCUT2D eigenvalue weighted by molar-refractivity contribution is 0.240. The molecule has 0 aliphatic carbocycles. The van der Waals surface area contributed by atoms with Gasteiger partial charge in [-0.15, -0.1) is 10.2 Å². The highest BCUT2D eigenvalue weighted by Gasteiger charge is 2.15. The zero-order chi connectivity index (χ0) is 23.0. The van der Waals surface area contributed by atoms with Crippen LogP contribution in [0.25, 0.3) is 5.69 Å². The third-order valence-corrected chi connectivity index (χ3v) is 5.98. The molecule has 0 fully saturated rings. The molecular formula is C25H24FN5OS. The number of rotatable bonds is 8. The van der Waals surface area contributed by atoms with Gasteiger partial charge in [0.2, 0.25) is 0 Å². The topological polar surface area (TPSA) is 71.8 Å². The fourth-order valence-electron chi connectivity index (χ4n) is 3.19. The quantitative estimate of drug-likeness (QED) is 0.362. The van der Waals surface area contributed by atoms with Crippen molar-refractivity contribution in [3.05, 3.63) is 107 Å². The highest BCUT2D eigenvalue weighted by atomic mass is 32.2. The van der Waals surface area contributed by atoms with Crippen LogP contribution in [0.3, 0.4) is 0 Å². The number of benzene rings is 3. The smallest absolute Gasteiger partial charge is 0.315 e. The highest BCUT2D eigenvalue weighted by Crippen LogP contribution is 2.25. The minimum absolute atomic E-state index is 0.221. The van der Waals surface area contributed by atoms with Gasteiger partial charge < -0.3 is 10.6 Å². The first-order chi connectivity index (χ1) is 16.1. The van der Waals surface area contributed by atoms with E-state index in [1.807, 2.05) is 66.1 Å². The molecular weight excluding hydrogens is 437 g/mol. The predicted molar refractivity (Wildman–Crippen MR) is 128 cm³/mol. The molecule has 168 valence electrons. The Labute approximate surface area is 196 Å². The molecule has 1 heterocycles. The number of carbonyl (C=O) groups excluding carboxylic acids is 1. The van der Waals surface area contributed by atoms with E-state index in [1.165, 1.54) is 23.9 Å². The van der Waals surface area contributed by atoms with Crippen LogP contribution >= 0.6 is 11.8 Å². The lowest BCUT2D eigenvalue weighted by atomic mass is 10.2. The van der Waals surface area contributed by atoms with Crippen LogP contribution in [0.15, 0.2) is 84.0 Å². The van der Waals surface area contributed by atoms with Crippen LogP contribution in [0.1, 0.15) is 22.5 Å². The second kappa shape index (κ2) is 10.8. The zero-order valence-electron chi connectivity index (χ0n) is 18.2. The largest absolute Gasteiger partial charge is 0.334 e. The lowest BCUT2D eigenvalue weighted by Gasteiger charge is -2.12. The number of nitrogens with one attached hydrogen (secondary N) is 2. The second-order valence-corrected chi connectivity index (χ2v) is 8.45. The summed E-state index contributed by atoms with van der Waals surface area (Å²) in [5, 5.41) is 15.1. The van der Waals surface area contributed by atoms with Crippen molar-refractivity contribution in [1.29, 1.82) is 0 Å². The van der Waals surface area contributed by atoms with Crippen molar-refractivity contribution in [1.82, 2.24) is 25.4 Å². The molecule has 0 atom stereocenters. The van der Waals surface area contributed by atoms with Gasteiger partial charge in [-0.25, -0.2) is 9.18 Å². The van der Waals surface area contributed by atoms with E-state index >= 15 is 0 Å². The van der Waals surface area contributed by atoms with Gasteiger partial charge in [0.1, 0.15) is 5.82 Å². The van der Waals surface area contributed by atoms with E-state index < -0.39 is 0 Å². The van der Waals surface area contributed by atoms with Gasteiger partial charge in [-0.05, 0) is 42.3 Å². The molecule has 0 unspecified atom stereocenters. The summed E-state index contributed by atoms with van der Waals surface area (Å²) in [6, 6.07) is 23.9. The molecule has 0 saturated carbocycles. The number of aromatic nitrogens is 3. The fraction of sp³-hybridized carbons (Fsp3) is 0.160. The van der Waals surface area contributed by atoms with Crippen molar-refractivity contribution < 1.29 is 9.18 Å². The van der Waals surface area contributed by atoms with Crippen LogP contribution < -0.4 is 10.6 Å². The SMILES string of the molecule is Cc1ccc(-n2c(CNC(=O)NCc3ccccc3)nnc2SCc2ccc(F)cc2)cc1. The first-order valence-corrected chi connectivity index (χ1v) is 11.5. The van der Waals surface area contributed by atoms with Crippen LogP contribution in [-0.2, 0) is 18.8 Å². The minimum atomic E-state index is -0.280. The molecule has 0 radical (unpaired) electrons. The number of amides is 2. The van der Waals surface area contributed by atoms with E-state index in [-0.39, 0.29) is 18.4 Å². The summed E-state index contributed by atoms with van der Waals surface area (Å²) in [6.45, 7) is 2.69. The molecule has 0 bridgehead atoms. The average molecular weight is 462 g/mol. The maximum absolute atomic E-state index is 13.2. The van der Waals surface area contributed by atoms with E-state index in [1.54, 1.807) is 12.1 Å². The normalized spacial score (nSPS) is 10.7. The Balaban J connectivity index is 1.46. The first kappa shape index (κ1) is 22.5. The Morgan fingerprint density at radius 3 is 2.30 bits per heavy atom. The Bertz CT molecular complexity index is 1190. The van der Waals surface area contributed by atoms with Gasteiger partial charge >= 0.3 is 6.03 Å². The number of halogens is 1.